The van der Waals surface area contributed by atoms with Crippen LogP contribution in [0.15, 0.2) is 70.9 Å². The van der Waals surface area contributed by atoms with Crippen LogP contribution in [0.25, 0.3) is 0 Å². The first-order chi connectivity index (χ1) is 15.7. The molecule has 182 valence electrons. The van der Waals surface area contributed by atoms with Crippen LogP contribution in [0.3, 0.4) is 0 Å². The highest BCUT2D eigenvalue weighted by Gasteiger charge is 2.33. The summed E-state index contributed by atoms with van der Waals surface area (Å²) < 4.78 is 5.82. The van der Waals surface area contributed by atoms with Crippen molar-refractivity contribution in [1.29, 1.82) is 0 Å². The molecule has 33 heavy (non-hydrogen) atoms. The number of unbranched alkanes of at least 4 members (excludes halogenated alkanes) is 5. The van der Waals surface area contributed by atoms with Gasteiger partial charge in [-0.25, -0.2) is 4.79 Å². The Hall–Kier alpha value is -2.42. The molecule has 3 heteroatoms. The molecule has 0 aromatic carbocycles. The van der Waals surface area contributed by atoms with Crippen molar-refractivity contribution in [2.45, 2.75) is 99.0 Å². The second-order valence-corrected chi connectivity index (χ2v) is 9.70. The van der Waals surface area contributed by atoms with E-state index in [2.05, 4.69) is 46.8 Å². The van der Waals surface area contributed by atoms with E-state index in [-0.39, 0.29) is 17.5 Å². The van der Waals surface area contributed by atoms with E-state index in [1.165, 1.54) is 31.3 Å². The molecule has 0 saturated heterocycles. The van der Waals surface area contributed by atoms with Crippen LogP contribution in [-0.2, 0) is 14.3 Å². The van der Waals surface area contributed by atoms with Crippen LogP contribution in [0.1, 0.15) is 92.9 Å². The SMILES string of the molecule is CCCCCCC/C=C/C(=O)OC1CCC(C)(C)C(/C=C/C(C)=C/C=C/C(C)=C/C=O)=C1C. The van der Waals surface area contributed by atoms with Crippen molar-refractivity contribution in [2.24, 2.45) is 5.41 Å². The maximum Gasteiger partial charge on any atom is 0.331 e. The molecule has 0 aliphatic heterocycles. The van der Waals surface area contributed by atoms with Gasteiger partial charge in [-0.05, 0) is 74.7 Å². The summed E-state index contributed by atoms with van der Waals surface area (Å²) in [6, 6.07) is 0. The molecule has 0 fully saturated rings. The zero-order valence-corrected chi connectivity index (χ0v) is 21.7. The van der Waals surface area contributed by atoms with E-state index in [9.17, 15) is 9.59 Å². The minimum absolute atomic E-state index is 0.0389. The third-order valence-electron chi connectivity index (χ3n) is 6.22. The molecule has 1 rings (SSSR count). The number of hydrogen-bond acceptors (Lipinski definition) is 3. The third-order valence-corrected chi connectivity index (χ3v) is 6.22. The van der Waals surface area contributed by atoms with E-state index in [1.54, 1.807) is 12.2 Å². The van der Waals surface area contributed by atoms with Crippen molar-refractivity contribution >= 4 is 12.3 Å². The first-order valence-corrected chi connectivity index (χ1v) is 12.4. The standard InChI is InChI=1S/C30H44O3/c1-7-8-9-10-11-12-13-17-29(32)33-28-20-22-30(5,6)27(26(28)4)19-18-24(2)15-14-16-25(3)21-23-31/h13-19,21,23,28H,7-12,20,22H2,1-6H3/b16-14+,17-13+,19-18+,24-15+,25-21+. The molecule has 0 amide bonds. The van der Waals surface area contributed by atoms with E-state index < -0.39 is 0 Å². The van der Waals surface area contributed by atoms with E-state index in [0.29, 0.717) is 0 Å². The first kappa shape index (κ1) is 28.6. The molecule has 0 heterocycles. The van der Waals surface area contributed by atoms with Gasteiger partial charge >= 0.3 is 5.97 Å². The predicted octanol–water partition coefficient (Wildman–Crippen LogP) is 8.16. The number of allylic oxidation sites excluding steroid dienone is 10. The summed E-state index contributed by atoms with van der Waals surface area (Å²) in [6.45, 7) is 12.7. The molecule has 0 bridgehead atoms. The van der Waals surface area contributed by atoms with Gasteiger partial charge in [0.05, 0.1) is 0 Å². The molecule has 0 aromatic rings. The van der Waals surface area contributed by atoms with Crippen molar-refractivity contribution in [3.8, 4) is 0 Å². The van der Waals surface area contributed by atoms with Crippen molar-refractivity contribution < 1.29 is 14.3 Å². The summed E-state index contributed by atoms with van der Waals surface area (Å²) in [4.78, 5) is 22.9. The summed E-state index contributed by atoms with van der Waals surface area (Å²) in [7, 11) is 0. The van der Waals surface area contributed by atoms with Crippen molar-refractivity contribution in [1.82, 2.24) is 0 Å². The highest BCUT2D eigenvalue weighted by Crippen LogP contribution is 2.42. The lowest BCUT2D eigenvalue weighted by Gasteiger charge is -2.36. The minimum Gasteiger partial charge on any atom is -0.455 e. The number of aldehydes is 1. The van der Waals surface area contributed by atoms with Crippen LogP contribution in [0.5, 0.6) is 0 Å². The fourth-order valence-corrected chi connectivity index (χ4v) is 4.06. The summed E-state index contributed by atoms with van der Waals surface area (Å²) in [5, 5.41) is 0. The molecular weight excluding hydrogens is 408 g/mol. The lowest BCUT2D eigenvalue weighted by atomic mass is 9.71. The van der Waals surface area contributed by atoms with Gasteiger partial charge in [0.25, 0.3) is 0 Å². The number of ether oxygens (including phenoxy) is 1. The lowest BCUT2D eigenvalue weighted by Crippen LogP contribution is -2.30. The second kappa shape index (κ2) is 15.4. The van der Waals surface area contributed by atoms with Crippen LogP contribution in [0.2, 0.25) is 0 Å². The molecule has 0 N–H and O–H groups in total. The zero-order chi connectivity index (χ0) is 24.7. The molecule has 0 radical (unpaired) electrons. The van der Waals surface area contributed by atoms with Gasteiger partial charge in [-0.1, -0.05) is 88.5 Å². The Labute approximate surface area is 202 Å². The second-order valence-electron chi connectivity index (χ2n) is 9.70. The molecule has 1 atom stereocenters. The number of carbonyl (C=O) groups is 2. The average molecular weight is 453 g/mol. The normalized spacial score (nSPS) is 19.8. The van der Waals surface area contributed by atoms with Crippen molar-refractivity contribution in [2.75, 3.05) is 0 Å². The quantitative estimate of drug-likeness (QED) is 0.0930. The predicted molar refractivity (Wildman–Crippen MR) is 140 cm³/mol. The molecule has 1 unspecified atom stereocenters. The highest BCUT2D eigenvalue weighted by atomic mass is 16.5. The molecule has 0 saturated carbocycles. The smallest absolute Gasteiger partial charge is 0.331 e. The summed E-state index contributed by atoms with van der Waals surface area (Å²) in [6.07, 6.45) is 24.8. The Balaban J connectivity index is 2.78. The van der Waals surface area contributed by atoms with Crippen LogP contribution < -0.4 is 0 Å². The maximum absolute atomic E-state index is 12.4. The third kappa shape index (κ3) is 11.3. The molecule has 1 aliphatic rings. The Bertz CT molecular complexity index is 815. The van der Waals surface area contributed by atoms with E-state index in [4.69, 9.17) is 4.74 Å². The average Bonchev–Trinajstić information content (AvgIpc) is 2.75. The van der Waals surface area contributed by atoms with Crippen molar-refractivity contribution in [3.05, 3.63) is 70.9 Å². The minimum atomic E-state index is -0.240. The van der Waals surface area contributed by atoms with Crippen LogP contribution in [0.4, 0.5) is 0 Å². The van der Waals surface area contributed by atoms with E-state index in [0.717, 1.165) is 48.7 Å². The van der Waals surface area contributed by atoms with Crippen molar-refractivity contribution in [3.63, 3.8) is 0 Å². The Morgan fingerprint density at radius 3 is 2.42 bits per heavy atom. The summed E-state index contributed by atoms with van der Waals surface area (Å²) in [5.74, 6) is -0.240. The van der Waals surface area contributed by atoms with Gasteiger partial charge in [0.15, 0.2) is 0 Å². The van der Waals surface area contributed by atoms with Gasteiger partial charge in [0, 0.05) is 6.08 Å². The molecule has 0 spiro atoms. The van der Waals surface area contributed by atoms with Gasteiger partial charge in [0.1, 0.15) is 12.4 Å². The first-order valence-electron chi connectivity index (χ1n) is 12.4. The number of esters is 1. The largest absolute Gasteiger partial charge is 0.455 e. The van der Waals surface area contributed by atoms with E-state index in [1.807, 2.05) is 31.2 Å². The molecule has 0 aromatic heterocycles. The van der Waals surface area contributed by atoms with Crippen LogP contribution >= 0.6 is 0 Å². The number of hydrogen-bond donors (Lipinski definition) is 0. The molecule has 3 nitrogen and oxygen atoms in total. The number of carbonyl (C=O) groups excluding carboxylic acids is 2. The fraction of sp³-hybridized carbons (Fsp3) is 0.533. The van der Waals surface area contributed by atoms with Crippen LogP contribution in [0, 0.1) is 5.41 Å². The van der Waals surface area contributed by atoms with Gasteiger partial charge in [-0.2, -0.15) is 0 Å². The van der Waals surface area contributed by atoms with Gasteiger partial charge in [-0.15, -0.1) is 0 Å². The monoisotopic (exact) mass is 452 g/mol. The molecule has 1 aliphatic carbocycles. The lowest BCUT2D eigenvalue weighted by molar-refractivity contribution is -0.142. The summed E-state index contributed by atoms with van der Waals surface area (Å²) in [5.41, 5.74) is 4.44. The molecular formula is C30H44O3. The Morgan fingerprint density at radius 1 is 1.03 bits per heavy atom. The number of rotatable bonds is 13. The summed E-state index contributed by atoms with van der Waals surface area (Å²) >= 11 is 0. The van der Waals surface area contributed by atoms with Gasteiger partial charge in [-0.3, -0.25) is 4.79 Å². The topological polar surface area (TPSA) is 43.4 Å². The van der Waals surface area contributed by atoms with Gasteiger partial charge in [0.2, 0.25) is 0 Å². The van der Waals surface area contributed by atoms with Crippen LogP contribution in [-0.4, -0.2) is 18.4 Å². The fourth-order valence-electron chi connectivity index (χ4n) is 4.06. The Kier molecular flexibility index (Phi) is 13.4. The zero-order valence-electron chi connectivity index (χ0n) is 21.7. The highest BCUT2D eigenvalue weighted by molar-refractivity contribution is 5.82. The maximum atomic E-state index is 12.4. The Morgan fingerprint density at radius 2 is 1.73 bits per heavy atom. The van der Waals surface area contributed by atoms with Gasteiger partial charge < -0.3 is 4.74 Å². The van der Waals surface area contributed by atoms with E-state index >= 15 is 0 Å².